The van der Waals surface area contributed by atoms with Gasteiger partial charge in [0.25, 0.3) is 0 Å². The van der Waals surface area contributed by atoms with Gasteiger partial charge in [0.05, 0.1) is 11.9 Å². The molecule has 2 rings (SSSR count). The second kappa shape index (κ2) is 3.73. The maximum atomic E-state index is 13.6. The van der Waals surface area contributed by atoms with Crippen molar-refractivity contribution < 1.29 is 4.39 Å². The van der Waals surface area contributed by atoms with E-state index in [1.54, 1.807) is 30.3 Å². The number of nitrogens with zero attached hydrogens (tertiary/aromatic N) is 2. The molecule has 3 nitrogen and oxygen atoms in total. The summed E-state index contributed by atoms with van der Waals surface area (Å²) in [7, 11) is 1.80. The van der Waals surface area contributed by atoms with Gasteiger partial charge in [-0.05, 0) is 18.6 Å². The molecule has 0 fully saturated rings. The average Bonchev–Trinajstić information content (AvgIpc) is 2.69. The Morgan fingerprint density at radius 2 is 2.13 bits per heavy atom. The Hall–Kier alpha value is -1.84. The fraction of sp³-hybridized carbons (Fsp3) is 0.182. The van der Waals surface area contributed by atoms with Crippen molar-refractivity contribution in [3.8, 4) is 0 Å². The quantitative estimate of drug-likeness (QED) is 0.817. The van der Waals surface area contributed by atoms with E-state index in [2.05, 4.69) is 10.2 Å². The molecule has 0 unspecified atom stereocenters. The lowest BCUT2D eigenvalue weighted by atomic mass is 10.2. The SMILES string of the molecule is Cc1cccc(F)c1N(C)c1ccn[nH]1. The molecule has 78 valence electrons. The largest absolute Gasteiger partial charge is 0.327 e. The number of para-hydroxylation sites is 1. The molecule has 2 aromatic rings. The van der Waals surface area contributed by atoms with Gasteiger partial charge in [-0.25, -0.2) is 4.39 Å². The van der Waals surface area contributed by atoms with Crippen molar-refractivity contribution in [2.45, 2.75) is 6.92 Å². The first-order valence-electron chi connectivity index (χ1n) is 4.68. The van der Waals surface area contributed by atoms with Crippen LogP contribution >= 0.6 is 0 Å². The molecule has 0 aliphatic heterocycles. The van der Waals surface area contributed by atoms with Crippen molar-refractivity contribution >= 4 is 11.5 Å². The van der Waals surface area contributed by atoms with Crippen LogP contribution in [0.1, 0.15) is 5.56 Å². The lowest BCUT2D eigenvalue weighted by Crippen LogP contribution is -2.13. The number of H-pyrrole nitrogens is 1. The number of aryl methyl sites for hydroxylation is 1. The number of hydrogen-bond acceptors (Lipinski definition) is 2. The van der Waals surface area contributed by atoms with Gasteiger partial charge in [0.1, 0.15) is 11.6 Å². The van der Waals surface area contributed by atoms with Crippen molar-refractivity contribution in [2.75, 3.05) is 11.9 Å². The Morgan fingerprint density at radius 1 is 1.33 bits per heavy atom. The summed E-state index contributed by atoms with van der Waals surface area (Å²) < 4.78 is 13.6. The molecule has 1 aromatic heterocycles. The molecule has 0 saturated heterocycles. The first-order valence-corrected chi connectivity index (χ1v) is 4.68. The van der Waals surface area contributed by atoms with Gasteiger partial charge in [0.15, 0.2) is 0 Å². The minimum Gasteiger partial charge on any atom is -0.327 e. The van der Waals surface area contributed by atoms with Gasteiger partial charge in [-0.2, -0.15) is 5.10 Å². The molecular weight excluding hydrogens is 193 g/mol. The number of benzene rings is 1. The van der Waals surface area contributed by atoms with Gasteiger partial charge in [0.2, 0.25) is 0 Å². The van der Waals surface area contributed by atoms with Crippen LogP contribution in [0.2, 0.25) is 0 Å². The summed E-state index contributed by atoms with van der Waals surface area (Å²) in [4.78, 5) is 1.75. The van der Waals surface area contributed by atoms with Gasteiger partial charge in [0, 0.05) is 13.1 Å². The van der Waals surface area contributed by atoms with Crippen LogP contribution in [-0.2, 0) is 0 Å². The number of hydrogen-bond donors (Lipinski definition) is 1. The molecule has 0 saturated carbocycles. The van der Waals surface area contributed by atoms with Crippen LogP contribution in [0, 0.1) is 12.7 Å². The summed E-state index contributed by atoms with van der Waals surface area (Å²) in [6, 6.07) is 6.83. The van der Waals surface area contributed by atoms with Crippen LogP contribution in [0.25, 0.3) is 0 Å². The maximum absolute atomic E-state index is 13.6. The highest BCUT2D eigenvalue weighted by molar-refractivity contribution is 5.63. The Labute approximate surface area is 87.5 Å². The number of rotatable bonds is 2. The topological polar surface area (TPSA) is 31.9 Å². The molecular formula is C11H12FN3. The van der Waals surface area contributed by atoms with Gasteiger partial charge in [-0.1, -0.05) is 12.1 Å². The van der Waals surface area contributed by atoms with Crippen LogP contribution in [-0.4, -0.2) is 17.2 Å². The summed E-state index contributed by atoms with van der Waals surface area (Å²) in [6.45, 7) is 1.88. The Kier molecular flexibility index (Phi) is 2.41. The van der Waals surface area contributed by atoms with Gasteiger partial charge in [-0.3, -0.25) is 5.10 Å². The zero-order valence-electron chi connectivity index (χ0n) is 8.66. The summed E-state index contributed by atoms with van der Waals surface area (Å²) in [5.41, 5.74) is 1.47. The van der Waals surface area contributed by atoms with E-state index in [4.69, 9.17) is 0 Å². The molecule has 0 bridgehead atoms. The van der Waals surface area contributed by atoms with Crippen molar-refractivity contribution in [1.29, 1.82) is 0 Å². The highest BCUT2D eigenvalue weighted by Gasteiger charge is 2.12. The fourth-order valence-corrected chi connectivity index (χ4v) is 1.60. The van der Waals surface area contributed by atoms with Crippen LogP contribution in [0.3, 0.4) is 0 Å². The molecule has 15 heavy (non-hydrogen) atoms. The van der Waals surface area contributed by atoms with Crippen LogP contribution in [0.5, 0.6) is 0 Å². The monoisotopic (exact) mass is 205 g/mol. The summed E-state index contributed by atoms with van der Waals surface area (Å²) >= 11 is 0. The summed E-state index contributed by atoms with van der Waals surface area (Å²) in [5, 5.41) is 6.64. The van der Waals surface area contributed by atoms with Gasteiger partial charge >= 0.3 is 0 Å². The summed E-state index contributed by atoms with van der Waals surface area (Å²) in [5.74, 6) is 0.537. The average molecular weight is 205 g/mol. The minimum absolute atomic E-state index is 0.230. The maximum Gasteiger partial charge on any atom is 0.147 e. The number of aromatic amines is 1. The van der Waals surface area contributed by atoms with E-state index in [1.165, 1.54) is 6.07 Å². The van der Waals surface area contributed by atoms with E-state index in [0.717, 1.165) is 11.4 Å². The minimum atomic E-state index is -0.230. The molecule has 4 heteroatoms. The predicted octanol–water partition coefficient (Wildman–Crippen LogP) is 2.63. The third kappa shape index (κ3) is 1.70. The normalized spacial score (nSPS) is 10.3. The Balaban J connectivity index is 2.46. The fourth-order valence-electron chi connectivity index (χ4n) is 1.60. The van der Waals surface area contributed by atoms with E-state index in [-0.39, 0.29) is 5.82 Å². The third-order valence-corrected chi connectivity index (χ3v) is 2.37. The molecule has 0 aliphatic carbocycles. The number of halogens is 1. The molecule has 1 aromatic carbocycles. The lowest BCUT2D eigenvalue weighted by molar-refractivity contribution is 0.626. The van der Waals surface area contributed by atoms with E-state index >= 15 is 0 Å². The van der Waals surface area contributed by atoms with Gasteiger partial charge in [-0.15, -0.1) is 0 Å². The highest BCUT2D eigenvalue weighted by Crippen LogP contribution is 2.27. The lowest BCUT2D eigenvalue weighted by Gasteiger charge is -2.19. The third-order valence-electron chi connectivity index (χ3n) is 2.37. The number of aromatic nitrogens is 2. The molecule has 1 heterocycles. The van der Waals surface area contributed by atoms with Gasteiger partial charge < -0.3 is 4.90 Å². The van der Waals surface area contributed by atoms with Crippen LogP contribution in [0.15, 0.2) is 30.5 Å². The van der Waals surface area contributed by atoms with Crippen molar-refractivity contribution in [3.63, 3.8) is 0 Å². The Bertz CT molecular complexity index is 431. The van der Waals surface area contributed by atoms with E-state index in [1.807, 2.05) is 13.0 Å². The smallest absolute Gasteiger partial charge is 0.147 e. The summed E-state index contributed by atoms with van der Waals surface area (Å²) in [6.07, 6.45) is 1.64. The van der Waals surface area contributed by atoms with Crippen molar-refractivity contribution in [1.82, 2.24) is 10.2 Å². The van der Waals surface area contributed by atoms with E-state index < -0.39 is 0 Å². The Morgan fingerprint density at radius 3 is 2.73 bits per heavy atom. The standard InChI is InChI=1S/C11H12FN3/c1-8-4-3-5-9(12)11(8)15(2)10-6-7-13-14-10/h3-7H,1-2H3,(H,13,14). The molecule has 0 atom stereocenters. The van der Waals surface area contributed by atoms with E-state index in [9.17, 15) is 4.39 Å². The highest BCUT2D eigenvalue weighted by atomic mass is 19.1. The zero-order valence-corrected chi connectivity index (χ0v) is 8.66. The predicted molar refractivity (Wildman–Crippen MR) is 57.8 cm³/mol. The number of anilines is 2. The second-order valence-electron chi connectivity index (χ2n) is 3.41. The van der Waals surface area contributed by atoms with Crippen LogP contribution in [0.4, 0.5) is 15.9 Å². The van der Waals surface area contributed by atoms with Crippen LogP contribution < -0.4 is 4.90 Å². The second-order valence-corrected chi connectivity index (χ2v) is 3.41. The molecule has 0 amide bonds. The first kappa shape index (κ1) is 9.71. The van der Waals surface area contributed by atoms with Crippen molar-refractivity contribution in [2.24, 2.45) is 0 Å². The number of nitrogens with one attached hydrogen (secondary N) is 1. The molecule has 0 aliphatic rings. The molecule has 0 radical (unpaired) electrons. The van der Waals surface area contributed by atoms with Crippen molar-refractivity contribution in [3.05, 3.63) is 41.8 Å². The molecule has 1 N–H and O–H groups in total. The first-order chi connectivity index (χ1) is 7.20. The zero-order chi connectivity index (χ0) is 10.8. The molecule has 0 spiro atoms. The van der Waals surface area contributed by atoms with E-state index in [0.29, 0.717) is 5.69 Å².